The first kappa shape index (κ1) is 22.6. The molecule has 3 nitrogen and oxygen atoms in total. The highest BCUT2D eigenvalue weighted by atomic mass is 16.1. The van der Waals surface area contributed by atoms with E-state index in [0.717, 1.165) is 18.7 Å². The van der Waals surface area contributed by atoms with E-state index in [4.69, 9.17) is 0 Å². The summed E-state index contributed by atoms with van der Waals surface area (Å²) < 4.78 is 0. The van der Waals surface area contributed by atoms with Crippen molar-refractivity contribution in [2.75, 3.05) is 19.6 Å². The molecular weight excluding hydrogens is 368 g/mol. The van der Waals surface area contributed by atoms with Crippen LogP contribution in [0.15, 0.2) is 48.5 Å². The van der Waals surface area contributed by atoms with Crippen LogP contribution in [-0.4, -0.2) is 30.4 Å². The molecule has 3 rings (SSSR count). The molecule has 1 aliphatic heterocycles. The molecule has 1 heterocycles. The fraction of sp³-hybridized carbons (Fsp3) is 0.519. The average Bonchev–Trinajstić information content (AvgIpc) is 3.21. The largest absolute Gasteiger partial charge is 0.350 e. The summed E-state index contributed by atoms with van der Waals surface area (Å²) in [5.41, 5.74) is 4.84. The van der Waals surface area contributed by atoms with Crippen LogP contribution in [0.25, 0.3) is 0 Å². The van der Waals surface area contributed by atoms with Crippen molar-refractivity contribution in [2.24, 2.45) is 0 Å². The maximum absolute atomic E-state index is 12.8. The minimum absolute atomic E-state index is 0.00553. The Kier molecular flexibility index (Phi) is 6.71. The van der Waals surface area contributed by atoms with Crippen LogP contribution in [0.3, 0.4) is 0 Å². The fourth-order valence-corrected chi connectivity index (χ4v) is 4.13. The van der Waals surface area contributed by atoms with Gasteiger partial charge < -0.3 is 5.32 Å². The molecule has 2 aromatic carbocycles. The summed E-state index contributed by atoms with van der Waals surface area (Å²) in [5, 5.41) is 3.20. The second-order valence-corrected chi connectivity index (χ2v) is 10.7. The van der Waals surface area contributed by atoms with Crippen molar-refractivity contribution in [3.63, 3.8) is 0 Å². The highest BCUT2D eigenvalue weighted by Crippen LogP contribution is 2.28. The van der Waals surface area contributed by atoms with Gasteiger partial charge in [-0.15, -0.1) is 0 Å². The molecule has 0 spiro atoms. The van der Waals surface area contributed by atoms with Gasteiger partial charge in [0.2, 0.25) is 0 Å². The number of nitrogens with one attached hydrogen (secondary N) is 1. The topological polar surface area (TPSA) is 32.3 Å². The van der Waals surface area contributed by atoms with Crippen LogP contribution >= 0.6 is 0 Å². The molecule has 1 atom stereocenters. The Labute approximate surface area is 182 Å². The molecule has 0 saturated carbocycles. The van der Waals surface area contributed by atoms with Crippen LogP contribution in [-0.2, 0) is 10.8 Å². The van der Waals surface area contributed by atoms with Gasteiger partial charge in [0.25, 0.3) is 5.91 Å². The standard InChI is InChI=1S/C27H38N2O/c1-26(2,3)22-13-9-20(10-14-22)24(29-17-7-8-18-29)19-28-25(30)21-11-15-23(16-12-21)27(4,5)6/h9-16,24H,7-8,17-19H2,1-6H3,(H,28,30)/t24-/m1/s1. The van der Waals surface area contributed by atoms with Crippen LogP contribution < -0.4 is 5.32 Å². The monoisotopic (exact) mass is 406 g/mol. The van der Waals surface area contributed by atoms with Crippen molar-refractivity contribution in [1.29, 1.82) is 0 Å². The molecule has 1 amide bonds. The van der Waals surface area contributed by atoms with Gasteiger partial charge in [0.1, 0.15) is 0 Å². The van der Waals surface area contributed by atoms with Crippen molar-refractivity contribution < 1.29 is 4.79 Å². The van der Waals surface area contributed by atoms with Crippen molar-refractivity contribution in [3.05, 3.63) is 70.8 Å². The fourth-order valence-electron chi connectivity index (χ4n) is 4.13. The number of hydrogen-bond acceptors (Lipinski definition) is 2. The number of likely N-dealkylation sites (tertiary alicyclic amines) is 1. The minimum Gasteiger partial charge on any atom is -0.350 e. The first-order valence-electron chi connectivity index (χ1n) is 11.3. The lowest BCUT2D eigenvalue weighted by Crippen LogP contribution is -2.36. The molecule has 2 aromatic rings. The van der Waals surface area contributed by atoms with Gasteiger partial charge in [-0.1, -0.05) is 77.9 Å². The first-order chi connectivity index (χ1) is 14.1. The van der Waals surface area contributed by atoms with E-state index in [2.05, 4.69) is 88.2 Å². The zero-order chi connectivity index (χ0) is 21.9. The number of hydrogen-bond donors (Lipinski definition) is 1. The maximum Gasteiger partial charge on any atom is 0.251 e. The van der Waals surface area contributed by atoms with Gasteiger partial charge >= 0.3 is 0 Å². The molecular formula is C27H38N2O. The second-order valence-electron chi connectivity index (χ2n) is 10.7. The molecule has 30 heavy (non-hydrogen) atoms. The molecule has 0 radical (unpaired) electrons. The summed E-state index contributed by atoms with van der Waals surface area (Å²) in [4.78, 5) is 15.3. The highest BCUT2D eigenvalue weighted by molar-refractivity contribution is 5.94. The summed E-state index contributed by atoms with van der Waals surface area (Å²) in [6.45, 7) is 16.1. The van der Waals surface area contributed by atoms with Crippen molar-refractivity contribution in [3.8, 4) is 0 Å². The molecule has 0 aromatic heterocycles. The van der Waals surface area contributed by atoms with Crippen molar-refractivity contribution >= 4 is 5.91 Å². The van der Waals surface area contributed by atoms with E-state index in [1.54, 1.807) is 0 Å². The molecule has 1 aliphatic rings. The zero-order valence-corrected chi connectivity index (χ0v) is 19.6. The summed E-state index contributed by atoms with van der Waals surface area (Å²) in [6.07, 6.45) is 2.47. The predicted molar refractivity (Wildman–Crippen MR) is 126 cm³/mol. The Morgan fingerprint density at radius 2 is 1.30 bits per heavy atom. The molecule has 1 fully saturated rings. The van der Waals surface area contributed by atoms with E-state index in [-0.39, 0.29) is 22.8 Å². The van der Waals surface area contributed by atoms with Crippen LogP contribution in [0.1, 0.15) is 87.5 Å². The van der Waals surface area contributed by atoms with E-state index in [9.17, 15) is 4.79 Å². The molecule has 0 aliphatic carbocycles. The van der Waals surface area contributed by atoms with E-state index in [0.29, 0.717) is 6.54 Å². The first-order valence-corrected chi connectivity index (χ1v) is 11.3. The number of rotatable bonds is 5. The Bertz CT molecular complexity index is 832. The van der Waals surface area contributed by atoms with E-state index >= 15 is 0 Å². The Balaban J connectivity index is 1.72. The summed E-state index contributed by atoms with van der Waals surface area (Å²) >= 11 is 0. The van der Waals surface area contributed by atoms with Gasteiger partial charge in [-0.2, -0.15) is 0 Å². The second kappa shape index (κ2) is 8.93. The van der Waals surface area contributed by atoms with Crippen LogP contribution in [0, 0.1) is 0 Å². The Hall–Kier alpha value is -2.13. The number of benzene rings is 2. The van der Waals surface area contributed by atoms with Gasteiger partial charge in [0, 0.05) is 12.1 Å². The number of carbonyl (C=O) groups excluding carboxylic acids is 1. The lowest BCUT2D eigenvalue weighted by Gasteiger charge is -2.29. The van der Waals surface area contributed by atoms with Crippen LogP contribution in [0.5, 0.6) is 0 Å². The summed E-state index contributed by atoms with van der Waals surface area (Å²) in [7, 11) is 0. The van der Waals surface area contributed by atoms with Crippen molar-refractivity contribution in [2.45, 2.75) is 71.3 Å². The molecule has 1 N–H and O–H groups in total. The van der Waals surface area contributed by atoms with Crippen LogP contribution in [0.2, 0.25) is 0 Å². The smallest absolute Gasteiger partial charge is 0.251 e. The molecule has 0 bridgehead atoms. The third kappa shape index (κ3) is 5.51. The molecule has 162 valence electrons. The lowest BCUT2D eigenvalue weighted by atomic mass is 9.86. The third-order valence-corrected chi connectivity index (χ3v) is 6.21. The number of amides is 1. The summed E-state index contributed by atoms with van der Waals surface area (Å²) in [6, 6.07) is 17.2. The van der Waals surface area contributed by atoms with Gasteiger partial charge in [-0.3, -0.25) is 9.69 Å². The lowest BCUT2D eigenvalue weighted by molar-refractivity contribution is 0.0938. The zero-order valence-electron chi connectivity index (χ0n) is 19.6. The SMILES string of the molecule is CC(C)(C)c1ccc(C(=O)NC[C@H](c2ccc(C(C)(C)C)cc2)N2CCCC2)cc1. The average molecular weight is 407 g/mol. The molecule has 3 heteroatoms. The normalized spacial score (nSPS) is 16.5. The predicted octanol–water partition coefficient (Wildman–Crippen LogP) is 5.85. The van der Waals surface area contributed by atoms with Crippen molar-refractivity contribution in [1.82, 2.24) is 10.2 Å². The third-order valence-electron chi connectivity index (χ3n) is 6.21. The summed E-state index contributed by atoms with van der Waals surface area (Å²) in [5.74, 6) is 0.00553. The van der Waals surface area contributed by atoms with E-state index in [1.165, 1.54) is 29.5 Å². The van der Waals surface area contributed by atoms with Gasteiger partial charge in [0.15, 0.2) is 0 Å². The van der Waals surface area contributed by atoms with Gasteiger partial charge in [-0.25, -0.2) is 0 Å². The van der Waals surface area contributed by atoms with E-state index in [1.807, 2.05) is 12.1 Å². The van der Waals surface area contributed by atoms with Gasteiger partial charge in [0.05, 0.1) is 6.04 Å². The number of nitrogens with zero attached hydrogens (tertiary/aromatic N) is 1. The highest BCUT2D eigenvalue weighted by Gasteiger charge is 2.25. The molecule has 0 unspecified atom stereocenters. The maximum atomic E-state index is 12.8. The van der Waals surface area contributed by atoms with E-state index < -0.39 is 0 Å². The number of carbonyl (C=O) groups is 1. The minimum atomic E-state index is 0.00553. The Morgan fingerprint density at radius 3 is 1.77 bits per heavy atom. The molecule has 1 saturated heterocycles. The Morgan fingerprint density at radius 1 is 0.833 bits per heavy atom. The van der Waals surface area contributed by atoms with Gasteiger partial charge in [-0.05, 0) is 65.6 Å². The van der Waals surface area contributed by atoms with Crippen LogP contribution in [0.4, 0.5) is 0 Å². The quantitative estimate of drug-likeness (QED) is 0.676.